The van der Waals surface area contributed by atoms with Crippen molar-refractivity contribution in [1.29, 1.82) is 0 Å². The van der Waals surface area contributed by atoms with E-state index in [0.29, 0.717) is 23.2 Å². The van der Waals surface area contributed by atoms with Gasteiger partial charge in [0.2, 0.25) is 11.5 Å². The van der Waals surface area contributed by atoms with E-state index in [1.54, 1.807) is 7.11 Å². The number of nitrogens with zero attached hydrogens (tertiary/aromatic N) is 3. The van der Waals surface area contributed by atoms with Gasteiger partial charge < -0.3 is 30.8 Å². The molecule has 5 rings (SSSR count). The van der Waals surface area contributed by atoms with E-state index < -0.39 is 0 Å². The quantitative estimate of drug-likeness (QED) is 0.561. The number of nitrogens with one attached hydrogen (secondary N) is 1. The maximum absolute atomic E-state index is 12.9. The van der Waals surface area contributed by atoms with Crippen LogP contribution in [-0.4, -0.2) is 54.3 Å². The summed E-state index contributed by atoms with van der Waals surface area (Å²) in [6.45, 7) is 3.34. The zero-order valence-corrected chi connectivity index (χ0v) is 18.3. The fraction of sp³-hybridized carbons (Fsp3) is 0.435. The summed E-state index contributed by atoms with van der Waals surface area (Å²) in [4.78, 5) is 24.2. The zero-order chi connectivity index (χ0) is 22.4. The molecule has 0 radical (unpaired) electrons. The molecule has 0 unspecified atom stereocenters. The van der Waals surface area contributed by atoms with E-state index >= 15 is 0 Å². The number of ether oxygens (including phenoxy) is 1. The third-order valence-corrected chi connectivity index (χ3v) is 6.46. The molecule has 3 aromatic rings. The number of nitrogen functional groups attached to an aromatic ring is 1. The molecule has 168 valence electrons. The molecule has 0 spiro atoms. The molecule has 0 aromatic carbocycles. The maximum Gasteiger partial charge on any atom is 0.289 e. The molecule has 1 fully saturated rings. The number of carbonyl (C=O) groups excluding carboxylic acids is 1. The Balaban J connectivity index is 1.28. The molecule has 2 aliphatic rings. The van der Waals surface area contributed by atoms with Gasteiger partial charge in [0, 0.05) is 37.6 Å². The number of fused-ring (bicyclic) bond motifs is 2. The van der Waals surface area contributed by atoms with Crippen LogP contribution in [0, 0.1) is 6.92 Å². The number of pyridine rings is 2. The van der Waals surface area contributed by atoms with Gasteiger partial charge in [-0.25, -0.2) is 9.97 Å². The van der Waals surface area contributed by atoms with Crippen LogP contribution in [-0.2, 0) is 17.6 Å². The largest absolute Gasteiger partial charge is 0.430 e. The number of hydrogen-bond acceptors (Lipinski definition) is 8. The van der Waals surface area contributed by atoms with Gasteiger partial charge in [0.25, 0.3) is 5.91 Å². The molecule has 1 amide bonds. The van der Waals surface area contributed by atoms with Crippen molar-refractivity contribution in [2.24, 2.45) is 5.73 Å². The number of rotatable bonds is 4. The third-order valence-electron chi connectivity index (χ3n) is 6.46. The number of aromatic nitrogens is 2. The number of methoxy groups -OCH3 is 1. The summed E-state index contributed by atoms with van der Waals surface area (Å²) in [5, 5.41) is 3.73. The van der Waals surface area contributed by atoms with Gasteiger partial charge in [0.1, 0.15) is 5.82 Å². The Labute approximate surface area is 186 Å². The SMILES string of the molecule is CO[C@H]1CN(c2ccc3c(n2)CC[C@@H](NC(=O)c2oc4nc(C)ccc4c2N)C3)C[C@@H]1N. The molecule has 1 aliphatic carbocycles. The summed E-state index contributed by atoms with van der Waals surface area (Å²) in [5.74, 6) is 0.738. The smallest absolute Gasteiger partial charge is 0.289 e. The van der Waals surface area contributed by atoms with Crippen molar-refractivity contribution in [3.05, 3.63) is 47.0 Å². The average molecular weight is 437 g/mol. The fourth-order valence-corrected chi connectivity index (χ4v) is 4.64. The highest BCUT2D eigenvalue weighted by Gasteiger charge is 2.32. The Morgan fingerprint density at radius 2 is 2.09 bits per heavy atom. The van der Waals surface area contributed by atoms with E-state index in [4.69, 9.17) is 25.6 Å². The molecule has 3 atom stereocenters. The van der Waals surface area contributed by atoms with Gasteiger partial charge in [0.15, 0.2) is 0 Å². The maximum atomic E-state index is 12.9. The second-order valence-electron chi connectivity index (χ2n) is 8.68. The zero-order valence-electron chi connectivity index (χ0n) is 18.3. The van der Waals surface area contributed by atoms with Crippen molar-refractivity contribution >= 4 is 28.5 Å². The number of amides is 1. The lowest BCUT2D eigenvalue weighted by molar-refractivity contribution is 0.0908. The van der Waals surface area contributed by atoms with Gasteiger partial charge in [-0.3, -0.25) is 4.79 Å². The number of nitrogens with two attached hydrogens (primary N) is 2. The lowest BCUT2D eigenvalue weighted by Gasteiger charge is -2.26. The molecule has 1 saturated heterocycles. The molecular formula is C23H28N6O3. The Morgan fingerprint density at radius 1 is 1.25 bits per heavy atom. The van der Waals surface area contributed by atoms with Crippen LogP contribution in [0.4, 0.5) is 11.5 Å². The number of aryl methyl sites for hydroxylation is 2. The van der Waals surface area contributed by atoms with Gasteiger partial charge in [-0.1, -0.05) is 6.07 Å². The third kappa shape index (κ3) is 3.67. The highest BCUT2D eigenvalue weighted by Crippen LogP contribution is 2.29. The van der Waals surface area contributed by atoms with E-state index in [9.17, 15) is 4.79 Å². The van der Waals surface area contributed by atoms with Crippen LogP contribution in [0.15, 0.2) is 28.7 Å². The molecule has 4 heterocycles. The molecule has 0 saturated carbocycles. The summed E-state index contributed by atoms with van der Waals surface area (Å²) in [6.07, 6.45) is 2.33. The Hall–Kier alpha value is -3.17. The number of carbonyl (C=O) groups is 1. The molecule has 0 bridgehead atoms. The van der Waals surface area contributed by atoms with Crippen LogP contribution >= 0.6 is 0 Å². The molecule has 9 nitrogen and oxygen atoms in total. The summed E-state index contributed by atoms with van der Waals surface area (Å²) in [5.41, 5.74) is 16.0. The fourth-order valence-electron chi connectivity index (χ4n) is 4.64. The van der Waals surface area contributed by atoms with Crippen LogP contribution in [0.2, 0.25) is 0 Å². The second kappa shape index (κ2) is 8.07. The second-order valence-corrected chi connectivity index (χ2v) is 8.68. The average Bonchev–Trinajstić information content (AvgIpc) is 3.32. The highest BCUT2D eigenvalue weighted by molar-refractivity contribution is 6.04. The number of hydrogen-bond donors (Lipinski definition) is 3. The van der Waals surface area contributed by atoms with Crippen molar-refractivity contribution in [1.82, 2.24) is 15.3 Å². The topological polar surface area (TPSA) is 133 Å². The molecule has 3 aromatic heterocycles. The van der Waals surface area contributed by atoms with E-state index in [1.807, 2.05) is 25.1 Å². The lowest BCUT2D eigenvalue weighted by Crippen LogP contribution is -2.39. The number of anilines is 2. The van der Waals surface area contributed by atoms with Gasteiger partial charge in [-0.05, 0) is 49.9 Å². The minimum Gasteiger partial charge on any atom is -0.430 e. The minimum atomic E-state index is -0.312. The van der Waals surface area contributed by atoms with Crippen molar-refractivity contribution in [3.63, 3.8) is 0 Å². The standard InChI is InChI=1S/C23H28N6O3/c1-12-3-6-15-20(25)21(32-23(15)26-12)22(30)27-14-5-7-17-13(9-14)4-8-19(28-17)29-10-16(24)18(11-29)31-2/h3-4,6,8,14,16,18H,5,7,9-11,24-25H2,1-2H3,(H,27,30)/t14-,16+,18+/m1/s1. The predicted molar refractivity (Wildman–Crippen MR) is 122 cm³/mol. The van der Waals surface area contributed by atoms with E-state index in [1.165, 1.54) is 0 Å². The van der Waals surface area contributed by atoms with Crippen molar-refractivity contribution in [2.45, 2.75) is 44.4 Å². The molecule has 5 N–H and O–H groups in total. The molecular weight excluding hydrogens is 408 g/mol. The summed E-state index contributed by atoms with van der Waals surface area (Å²) < 4.78 is 11.1. The normalized spacial score (nSPS) is 22.8. The van der Waals surface area contributed by atoms with E-state index in [2.05, 4.69) is 21.3 Å². The Bertz CT molecular complexity index is 1180. The lowest BCUT2D eigenvalue weighted by atomic mass is 9.91. The van der Waals surface area contributed by atoms with E-state index in [-0.39, 0.29) is 29.9 Å². The highest BCUT2D eigenvalue weighted by atomic mass is 16.5. The van der Waals surface area contributed by atoms with Crippen LogP contribution in [0.3, 0.4) is 0 Å². The first-order valence-corrected chi connectivity index (χ1v) is 10.9. The van der Waals surface area contributed by atoms with Crippen LogP contribution < -0.4 is 21.7 Å². The summed E-state index contributed by atoms with van der Waals surface area (Å²) in [7, 11) is 1.69. The van der Waals surface area contributed by atoms with Crippen molar-refractivity contribution in [2.75, 3.05) is 30.8 Å². The monoisotopic (exact) mass is 436 g/mol. The van der Waals surface area contributed by atoms with Gasteiger partial charge in [-0.2, -0.15) is 0 Å². The molecule has 9 heteroatoms. The van der Waals surface area contributed by atoms with Gasteiger partial charge in [0.05, 0.1) is 23.2 Å². The first kappa shape index (κ1) is 20.7. The van der Waals surface area contributed by atoms with Crippen LogP contribution in [0.1, 0.15) is 33.9 Å². The summed E-state index contributed by atoms with van der Waals surface area (Å²) >= 11 is 0. The Kier molecular flexibility index (Phi) is 5.22. The van der Waals surface area contributed by atoms with Crippen LogP contribution in [0.5, 0.6) is 0 Å². The number of furan rings is 1. The van der Waals surface area contributed by atoms with Crippen LogP contribution in [0.25, 0.3) is 11.1 Å². The Morgan fingerprint density at radius 3 is 2.88 bits per heavy atom. The van der Waals surface area contributed by atoms with Gasteiger partial charge >= 0.3 is 0 Å². The predicted octanol–water partition coefficient (Wildman–Crippen LogP) is 1.56. The van der Waals surface area contributed by atoms with Crippen molar-refractivity contribution < 1.29 is 13.9 Å². The minimum absolute atomic E-state index is 0.0111. The molecule has 1 aliphatic heterocycles. The summed E-state index contributed by atoms with van der Waals surface area (Å²) in [6, 6.07) is 7.78. The van der Waals surface area contributed by atoms with Crippen molar-refractivity contribution in [3.8, 4) is 0 Å². The van der Waals surface area contributed by atoms with E-state index in [0.717, 1.165) is 48.7 Å². The van der Waals surface area contributed by atoms with Gasteiger partial charge in [-0.15, -0.1) is 0 Å². The first-order valence-electron chi connectivity index (χ1n) is 10.9. The molecule has 32 heavy (non-hydrogen) atoms. The first-order chi connectivity index (χ1) is 15.4.